The van der Waals surface area contributed by atoms with Crippen LogP contribution in [0.3, 0.4) is 0 Å². The van der Waals surface area contributed by atoms with Crippen molar-refractivity contribution in [2.75, 3.05) is 6.54 Å². The van der Waals surface area contributed by atoms with Gasteiger partial charge >= 0.3 is 0 Å². The molecule has 0 atom stereocenters. The highest BCUT2D eigenvalue weighted by Gasteiger charge is 2.10. The Balaban J connectivity index is 2.19. The Hall–Kier alpha value is -2.46. The van der Waals surface area contributed by atoms with E-state index in [1.807, 2.05) is 12.3 Å². The van der Waals surface area contributed by atoms with E-state index in [1.54, 1.807) is 0 Å². The van der Waals surface area contributed by atoms with Crippen molar-refractivity contribution in [1.29, 1.82) is 0 Å². The van der Waals surface area contributed by atoms with Gasteiger partial charge in [0, 0.05) is 25.9 Å². The van der Waals surface area contributed by atoms with Gasteiger partial charge in [-0.3, -0.25) is 0 Å². The van der Waals surface area contributed by atoms with Gasteiger partial charge in [-0.2, -0.15) is 0 Å². The molecule has 1 heteroatoms. The summed E-state index contributed by atoms with van der Waals surface area (Å²) in [7, 11) is 0. The van der Waals surface area contributed by atoms with Gasteiger partial charge in [0.2, 0.25) is 0 Å². The smallest absolute Gasteiger partial charge is 0.0429 e. The number of hydrogen-bond donors (Lipinski definition) is 0. The molecule has 1 aromatic rings. The van der Waals surface area contributed by atoms with Crippen LogP contribution < -0.4 is 0 Å². The van der Waals surface area contributed by atoms with E-state index in [0.717, 1.165) is 37.9 Å². The predicted octanol–water partition coefficient (Wildman–Crippen LogP) is 6.03. The van der Waals surface area contributed by atoms with Gasteiger partial charge in [0.05, 0.1) is 0 Å². The maximum atomic E-state index is 4.02. The lowest BCUT2D eigenvalue weighted by molar-refractivity contribution is 0.397. The van der Waals surface area contributed by atoms with Crippen LogP contribution in [0.25, 0.3) is 6.08 Å². The van der Waals surface area contributed by atoms with Gasteiger partial charge in [0.25, 0.3) is 0 Å². The molecule has 0 radical (unpaired) electrons. The Morgan fingerprint density at radius 2 is 1.88 bits per heavy atom. The van der Waals surface area contributed by atoms with Crippen molar-refractivity contribution in [3.05, 3.63) is 77.0 Å². The van der Waals surface area contributed by atoms with Crippen LogP contribution in [0.2, 0.25) is 0 Å². The molecule has 0 saturated heterocycles. The van der Waals surface area contributed by atoms with E-state index >= 15 is 0 Å². The fourth-order valence-corrected chi connectivity index (χ4v) is 3.02. The molecule has 25 heavy (non-hydrogen) atoms. The summed E-state index contributed by atoms with van der Waals surface area (Å²) in [6.45, 7) is 16.2. The Morgan fingerprint density at radius 1 is 1.12 bits per heavy atom. The SMILES string of the molecule is C=Cc1ccc(CN(C=C)C/C2=C(C)/C=C(/CC)CC#CC2)c(C)c1. The second kappa shape index (κ2) is 9.14. The van der Waals surface area contributed by atoms with Crippen molar-refractivity contribution in [3.63, 3.8) is 0 Å². The predicted molar refractivity (Wildman–Crippen MR) is 110 cm³/mol. The maximum absolute atomic E-state index is 4.02. The van der Waals surface area contributed by atoms with Crippen LogP contribution in [-0.4, -0.2) is 11.4 Å². The van der Waals surface area contributed by atoms with Gasteiger partial charge < -0.3 is 4.90 Å². The van der Waals surface area contributed by atoms with Crippen molar-refractivity contribution < 1.29 is 0 Å². The minimum Gasteiger partial charge on any atom is -0.370 e. The van der Waals surface area contributed by atoms with E-state index in [4.69, 9.17) is 0 Å². The third-order valence-electron chi connectivity index (χ3n) is 4.80. The monoisotopic (exact) mass is 331 g/mol. The number of rotatable bonds is 7. The number of hydrogen-bond acceptors (Lipinski definition) is 1. The molecule has 1 nitrogen and oxygen atoms in total. The van der Waals surface area contributed by atoms with Crippen molar-refractivity contribution in [2.24, 2.45) is 0 Å². The first-order valence-electron chi connectivity index (χ1n) is 8.99. The van der Waals surface area contributed by atoms with Crippen molar-refractivity contribution >= 4 is 6.08 Å². The molecule has 0 heterocycles. The van der Waals surface area contributed by atoms with Crippen LogP contribution in [0.15, 0.2) is 60.4 Å². The van der Waals surface area contributed by atoms with Crippen LogP contribution in [0.4, 0.5) is 0 Å². The molecule has 0 spiro atoms. The molecular formula is C24H29N. The average Bonchev–Trinajstić information content (AvgIpc) is 2.61. The zero-order valence-electron chi connectivity index (χ0n) is 15.9. The van der Waals surface area contributed by atoms with Crippen LogP contribution in [0.5, 0.6) is 0 Å². The molecule has 0 aliphatic heterocycles. The highest BCUT2D eigenvalue weighted by molar-refractivity contribution is 5.49. The third-order valence-corrected chi connectivity index (χ3v) is 4.80. The summed E-state index contributed by atoms with van der Waals surface area (Å²) in [6, 6.07) is 6.50. The van der Waals surface area contributed by atoms with Crippen molar-refractivity contribution in [2.45, 2.75) is 46.6 Å². The Morgan fingerprint density at radius 3 is 2.52 bits per heavy atom. The Bertz CT molecular complexity index is 765. The molecule has 0 N–H and O–H groups in total. The lowest BCUT2D eigenvalue weighted by atomic mass is 9.98. The van der Waals surface area contributed by atoms with Gasteiger partial charge in [-0.05, 0) is 54.3 Å². The van der Waals surface area contributed by atoms with E-state index in [1.165, 1.54) is 27.8 Å². The summed E-state index contributed by atoms with van der Waals surface area (Å²) in [5.41, 5.74) is 7.95. The standard InChI is InChI=1S/C24H29N/c1-6-21-11-9-10-12-23(19(4)15-21)17-25(8-3)18-24-14-13-22(7-2)16-20(24)5/h7-8,13-16H,2-3,6,11-12,17-18H2,1,4-5H3/b21-15-,23-19+. The summed E-state index contributed by atoms with van der Waals surface area (Å²) in [5.74, 6) is 6.63. The lowest BCUT2D eigenvalue weighted by Gasteiger charge is -2.24. The third kappa shape index (κ3) is 5.26. The first-order chi connectivity index (χ1) is 12.1. The van der Waals surface area contributed by atoms with E-state index in [2.05, 4.69) is 74.9 Å². The molecule has 0 fully saturated rings. The summed E-state index contributed by atoms with van der Waals surface area (Å²) in [5, 5.41) is 0. The van der Waals surface area contributed by atoms with Gasteiger partial charge in [-0.25, -0.2) is 0 Å². The summed E-state index contributed by atoms with van der Waals surface area (Å²) in [6.07, 6.45) is 8.98. The van der Waals surface area contributed by atoms with Crippen LogP contribution in [0.1, 0.15) is 49.8 Å². The van der Waals surface area contributed by atoms with E-state index in [9.17, 15) is 0 Å². The quantitative estimate of drug-likeness (QED) is 0.551. The molecule has 0 unspecified atom stereocenters. The molecule has 1 aromatic carbocycles. The Labute approximate surface area is 153 Å². The van der Waals surface area contributed by atoms with Gasteiger partial charge in [-0.1, -0.05) is 67.8 Å². The molecular weight excluding hydrogens is 302 g/mol. The molecule has 0 amide bonds. The van der Waals surface area contributed by atoms with Gasteiger partial charge in [0.1, 0.15) is 0 Å². The molecule has 0 bridgehead atoms. The largest absolute Gasteiger partial charge is 0.370 e. The first-order valence-corrected chi connectivity index (χ1v) is 8.99. The number of aryl methyl sites for hydroxylation is 1. The summed E-state index contributed by atoms with van der Waals surface area (Å²) >= 11 is 0. The van der Waals surface area contributed by atoms with Crippen LogP contribution in [-0.2, 0) is 6.54 Å². The topological polar surface area (TPSA) is 3.24 Å². The van der Waals surface area contributed by atoms with E-state index < -0.39 is 0 Å². The minimum atomic E-state index is 0.845. The van der Waals surface area contributed by atoms with Crippen LogP contribution in [0, 0.1) is 18.8 Å². The second-order valence-corrected chi connectivity index (χ2v) is 6.63. The zero-order valence-corrected chi connectivity index (χ0v) is 15.9. The molecule has 2 rings (SSSR count). The van der Waals surface area contributed by atoms with E-state index in [0.29, 0.717) is 0 Å². The highest BCUT2D eigenvalue weighted by Crippen LogP contribution is 2.20. The average molecular weight is 332 g/mol. The number of benzene rings is 1. The minimum absolute atomic E-state index is 0.845. The summed E-state index contributed by atoms with van der Waals surface area (Å²) < 4.78 is 0. The maximum Gasteiger partial charge on any atom is 0.0429 e. The number of nitrogens with zero attached hydrogens (tertiary/aromatic N) is 1. The molecule has 130 valence electrons. The first kappa shape index (κ1) is 18.9. The zero-order chi connectivity index (χ0) is 18.2. The fourth-order valence-electron chi connectivity index (χ4n) is 3.02. The molecule has 0 saturated carbocycles. The summed E-state index contributed by atoms with van der Waals surface area (Å²) in [4.78, 5) is 2.28. The normalized spacial score (nSPS) is 18.9. The van der Waals surface area contributed by atoms with Gasteiger partial charge in [-0.15, -0.1) is 0 Å². The molecule has 1 aliphatic carbocycles. The highest BCUT2D eigenvalue weighted by atomic mass is 15.1. The number of allylic oxidation sites excluding steroid dienone is 3. The molecule has 0 aromatic heterocycles. The van der Waals surface area contributed by atoms with Crippen molar-refractivity contribution in [1.82, 2.24) is 4.90 Å². The van der Waals surface area contributed by atoms with Gasteiger partial charge in [0.15, 0.2) is 0 Å². The Kier molecular flexibility index (Phi) is 6.90. The van der Waals surface area contributed by atoms with Crippen molar-refractivity contribution in [3.8, 4) is 11.8 Å². The van der Waals surface area contributed by atoms with E-state index in [-0.39, 0.29) is 0 Å². The second-order valence-electron chi connectivity index (χ2n) is 6.63. The molecule has 1 aliphatic rings. The van der Waals surface area contributed by atoms with Crippen LogP contribution >= 0.6 is 0 Å². The lowest BCUT2D eigenvalue weighted by Crippen LogP contribution is -2.20. The fraction of sp³-hybridized carbons (Fsp3) is 0.333.